The summed E-state index contributed by atoms with van der Waals surface area (Å²) in [6.07, 6.45) is 2.91. The van der Waals surface area contributed by atoms with Crippen LogP contribution < -0.4 is 14.8 Å². The fourth-order valence-corrected chi connectivity index (χ4v) is 3.07. The van der Waals surface area contributed by atoms with Gasteiger partial charge in [0.2, 0.25) is 10.0 Å². The Morgan fingerprint density at radius 3 is 2.86 bits per heavy atom. The number of ether oxygens (including phenoxy) is 1. The third-order valence-corrected chi connectivity index (χ3v) is 4.47. The van der Waals surface area contributed by atoms with E-state index in [9.17, 15) is 8.42 Å². The van der Waals surface area contributed by atoms with Crippen LogP contribution in [0.2, 0.25) is 0 Å². The molecule has 0 aliphatic carbocycles. The Bertz CT molecular complexity index is 588. The predicted octanol–water partition coefficient (Wildman–Crippen LogP) is 1.71. The number of hydrogen-bond donors (Lipinski definition) is 2. The lowest BCUT2D eigenvalue weighted by molar-refractivity contribution is 0.339. The minimum absolute atomic E-state index is 0. The smallest absolute Gasteiger partial charge is 0.240 e. The lowest BCUT2D eigenvalue weighted by Crippen LogP contribution is -2.29. The molecule has 1 aliphatic rings. The molecule has 0 unspecified atom stereocenters. The summed E-state index contributed by atoms with van der Waals surface area (Å²) in [6, 6.07) is 6.55. The molecular weight excluding hydrogens is 312 g/mol. The Kier molecular flexibility index (Phi) is 7.17. The molecule has 1 aromatic rings. The zero-order valence-electron chi connectivity index (χ0n) is 12.0. The van der Waals surface area contributed by atoms with Crippen molar-refractivity contribution in [2.75, 3.05) is 26.2 Å². The Labute approximate surface area is 132 Å². The van der Waals surface area contributed by atoms with E-state index in [-0.39, 0.29) is 17.3 Å². The molecule has 0 aromatic heterocycles. The third-order valence-electron chi connectivity index (χ3n) is 3.07. The number of nitrogens with one attached hydrogen (secondary N) is 2. The van der Waals surface area contributed by atoms with Crippen molar-refractivity contribution in [2.45, 2.75) is 18.2 Å². The van der Waals surface area contributed by atoms with Crippen LogP contribution in [0.4, 0.5) is 0 Å². The maximum absolute atomic E-state index is 12.2. The Morgan fingerprint density at radius 1 is 1.38 bits per heavy atom. The van der Waals surface area contributed by atoms with E-state index < -0.39 is 10.0 Å². The molecule has 1 aromatic carbocycles. The summed E-state index contributed by atoms with van der Waals surface area (Å²) in [5, 5.41) is 3.19. The predicted molar refractivity (Wildman–Crippen MR) is 85.6 cm³/mol. The van der Waals surface area contributed by atoms with Crippen LogP contribution in [0.5, 0.6) is 5.75 Å². The molecular formula is C14H21ClN2O3S. The summed E-state index contributed by atoms with van der Waals surface area (Å²) < 4.78 is 32.4. The highest BCUT2D eigenvalue weighted by molar-refractivity contribution is 7.89. The standard InChI is InChI=1S/C14H20N2O3S.ClH/c1-2-19-13-4-3-5-14(10-13)20(17,18)16-11-12-6-8-15-9-7-12;/h3-6,10,15-16H,2,7-9,11H2,1H3;1H. The van der Waals surface area contributed by atoms with Crippen molar-refractivity contribution in [3.05, 3.63) is 35.9 Å². The van der Waals surface area contributed by atoms with Crippen molar-refractivity contribution in [2.24, 2.45) is 0 Å². The number of rotatable bonds is 6. The average molecular weight is 333 g/mol. The summed E-state index contributed by atoms with van der Waals surface area (Å²) in [5.74, 6) is 0.566. The van der Waals surface area contributed by atoms with Crippen molar-refractivity contribution in [1.29, 1.82) is 0 Å². The molecule has 5 nitrogen and oxygen atoms in total. The molecule has 0 spiro atoms. The van der Waals surface area contributed by atoms with Crippen LogP contribution in [0.25, 0.3) is 0 Å². The second-order valence-electron chi connectivity index (χ2n) is 4.55. The van der Waals surface area contributed by atoms with Gasteiger partial charge < -0.3 is 10.1 Å². The molecule has 0 fully saturated rings. The molecule has 0 saturated heterocycles. The maximum atomic E-state index is 12.2. The highest BCUT2D eigenvalue weighted by atomic mass is 35.5. The molecule has 21 heavy (non-hydrogen) atoms. The molecule has 7 heteroatoms. The fourth-order valence-electron chi connectivity index (χ4n) is 2.00. The van der Waals surface area contributed by atoms with E-state index in [1.54, 1.807) is 24.3 Å². The monoisotopic (exact) mass is 332 g/mol. The average Bonchev–Trinajstić information content (AvgIpc) is 2.47. The van der Waals surface area contributed by atoms with Crippen LogP contribution in [-0.2, 0) is 10.0 Å². The number of benzene rings is 1. The second-order valence-corrected chi connectivity index (χ2v) is 6.32. The molecule has 0 atom stereocenters. The molecule has 0 saturated carbocycles. The van der Waals surface area contributed by atoms with Crippen LogP contribution >= 0.6 is 12.4 Å². The van der Waals surface area contributed by atoms with Crippen molar-refractivity contribution in [3.8, 4) is 5.75 Å². The summed E-state index contributed by atoms with van der Waals surface area (Å²) >= 11 is 0. The highest BCUT2D eigenvalue weighted by Crippen LogP contribution is 2.17. The third kappa shape index (κ3) is 5.32. The van der Waals surface area contributed by atoms with Gasteiger partial charge in [-0.15, -0.1) is 12.4 Å². The van der Waals surface area contributed by atoms with Crippen molar-refractivity contribution >= 4 is 22.4 Å². The largest absolute Gasteiger partial charge is 0.494 e. The van der Waals surface area contributed by atoms with Crippen molar-refractivity contribution < 1.29 is 13.2 Å². The van der Waals surface area contributed by atoms with Gasteiger partial charge in [-0.3, -0.25) is 0 Å². The van der Waals surface area contributed by atoms with E-state index in [2.05, 4.69) is 10.0 Å². The van der Waals surface area contributed by atoms with Crippen LogP contribution in [-0.4, -0.2) is 34.7 Å². The fraction of sp³-hybridized carbons (Fsp3) is 0.429. The Morgan fingerprint density at radius 2 is 2.19 bits per heavy atom. The topological polar surface area (TPSA) is 67.4 Å². The first-order valence-corrected chi connectivity index (χ1v) is 8.21. The summed E-state index contributed by atoms with van der Waals surface area (Å²) in [7, 11) is -3.49. The number of sulfonamides is 1. The molecule has 2 rings (SSSR count). The minimum Gasteiger partial charge on any atom is -0.494 e. The summed E-state index contributed by atoms with van der Waals surface area (Å²) in [5.41, 5.74) is 1.12. The normalized spacial score (nSPS) is 15.0. The van der Waals surface area contributed by atoms with Crippen LogP contribution in [0.15, 0.2) is 40.8 Å². The Hall–Kier alpha value is -1.08. The van der Waals surface area contributed by atoms with Gasteiger partial charge in [0.15, 0.2) is 0 Å². The van der Waals surface area contributed by atoms with Crippen LogP contribution in [0.3, 0.4) is 0 Å². The van der Waals surface area contributed by atoms with Crippen molar-refractivity contribution in [3.63, 3.8) is 0 Å². The molecule has 0 amide bonds. The molecule has 1 aliphatic heterocycles. The van der Waals surface area contributed by atoms with Gasteiger partial charge in [-0.2, -0.15) is 0 Å². The SMILES string of the molecule is CCOc1cccc(S(=O)(=O)NCC2=CCNCC2)c1.Cl. The molecule has 1 heterocycles. The lowest BCUT2D eigenvalue weighted by Gasteiger charge is -2.15. The van der Waals surface area contributed by atoms with Crippen LogP contribution in [0, 0.1) is 0 Å². The molecule has 0 bridgehead atoms. The molecule has 118 valence electrons. The zero-order chi connectivity index (χ0) is 14.4. The number of hydrogen-bond acceptors (Lipinski definition) is 4. The van der Waals surface area contributed by atoms with Gasteiger partial charge in [0.05, 0.1) is 11.5 Å². The lowest BCUT2D eigenvalue weighted by atomic mass is 10.1. The molecule has 0 radical (unpaired) electrons. The quantitative estimate of drug-likeness (QED) is 0.778. The van der Waals surface area contributed by atoms with Gasteiger partial charge in [0.1, 0.15) is 5.75 Å². The second kappa shape index (κ2) is 8.38. The van der Waals surface area contributed by atoms with Gasteiger partial charge >= 0.3 is 0 Å². The zero-order valence-corrected chi connectivity index (χ0v) is 13.6. The van der Waals surface area contributed by atoms with E-state index in [1.807, 2.05) is 13.0 Å². The van der Waals surface area contributed by atoms with Crippen LogP contribution in [0.1, 0.15) is 13.3 Å². The minimum atomic E-state index is -3.49. The maximum Gasteiger partial charge on any atom is 0.240 e. The van der Waals surface area contributed by atoms with Gasteiger partial charge in [-0.1, -0.05) is 17.7 Å². The number of halogens is 1. The van der Waals surface area contributed by atoms with Gasteiger partial charge in [0, 0.05) is 19.2 Å². The van der Waals surface area contributed by atoms with E-state index >= 15 is 0 Å². The summed E-state index contributed by atoms with van der Waals surface area (Å²) in [6.45, 7) is 4.44. The Balaban J connectivity index is 0.00000220. The van der Waals surface area contributed by atoms with Gasteiger partial charge in [-0.25, -0.2) is 13.1 Å². The van der Waals surface area contributed by atoms with E-state index in [0.717, 1.165) is 25.1 Å². The summed E-state index contributed by atoms with van der Waals surface area (Å²) in [4.78, 5) is 0.234. The first-order chi connectivity index (χ1) is 9.62. The van der Waals surface area contributed by atoms with Gasteiger partial charge in [0.25, 0.3) is 0 Å². The van der Waals surface area contributed by atoms with E-state index in [0.29, 0.717) is 18.9 Å². The molecule has 2 N–H and O–H groups in total. The van der Waals surface area contributed by atoms with Crippen molar-refractivity contribution in [1.82, 2.24) is 10.0 Å². The van der Waals surface area contributed by atoms with E-state index in [1.165, 1.54) is 0 Å². The first-order valence-electron chi connectivity index (χ1n) is 6.73. The highest BCUT2D eigenvalue weighted by Gasteiger charge is 2.15. The first kappa shape index (κ1) is 18.0. The van der Waals surface area contributed by atoms with Gasteiger partial charge in [-0.05, 0) is 32.0 Å². The van der Waals surface area contributed by atoms with E-state index in [4.69, 9.17) is 4.74 Å².